The van der Waals surface area contributed by atoms with Crippen LogP contribution in [0.3, 0.4) is 0 Å². The SMILES string of the molecule is CCNCC1OCCN(C)C1c1ccc2c(c1)CCO2. The molecule has 4 nitrogen and oxygen atoms in total. The van der Waals surface area contributed by atoms with Crippen LogP contribution in [0.25, 0.3) is 0 Å². The second kappa shape index (κ2) is 6.12. The van der Waals surface area contributed by atoms with Gasteiger partial charge in [0.1, 0.15) is 5.75 Å². The molecule has 1 saturated heterocycles. The van der Waals surface area contributed by atoms with E-state index in [1.165, 1.54) is 11.1 Å². The molecule has 1 aromatic rings. The highest BCUT2D eigenvalue weighted by molar-refractivity contribution is 5.41. The van der Waals surface area contributed by atoms with Gasteiger partial charge in [0.05, 0.1) is 25.4 Å². The second-order valence-electron chi connectivity index (χ2n) is 5.61. The van der Waals surface area contributed by atoms with Crippen LogP contribution in [0, 0.1) is 0 Å². The molecular weight excluding hydrogens is 252 g/mol. The third-order valence-electron chi connectivity index (χ3n) is 4.25. The van der Waals surface area contributed by atoms with Crippen LogP contribution >= 0.6 is 0 Å². The Balaban J connectivity index is 1.83. The summed E-state index contributed by atoms with van der Waals surface area (Å²) in [5, 5.41) is 3.41. The fraction of sp³-hybridized carbons (Fsp3) is 0.625. The number of nitrogens with zero attached hydrogens (tertiary/aromatic N) is 1. The van der Waals surface area contributed by atoms with Crippen LogP contribution in [0.15, 0.2) is 18.2 Å². The fourth-order valence-corrected chi connectivity index (χ4v) is 3.18. The standard InChI is InChI=1S/C16H24N2O2/c1-3-17-11-15-16(18(2)7-9-20-15)13-4-5-14-12(10-13)6-8-19-14/h4-5,10,15-17H,3,6-9,11H2,1-2H3. The van der Waals surface area contributed by atoms with Gasteiger partial charge in [-0.25, -0.2) is 0 Å². The molecule has 0 spiro atoms. The molecule has 110 valence electrons. The van der Waals surface area contributed by atoms with Crippen LogP contribution in [-0.4, -0.2) is 50.9 Å². The quantitative estimate of drug-likeness (QED) is 0.906. The molecule has 0 aromatic heterocycles. The van der Waals surface area contributed by atoms with E-state index in [0.29, 0.717) is 6.04 Å². The molecular formula is C16H24N2O2. The molecule has 2 aliphatic heterocycles. The fourth-order valence-electron chi connectivity index (χ4n) is 3.18. The van der Waals surface area contributed by atoms with E-state index in [-0.39, 0.29) is 6.10 Å². The molecule has 0 radical (unpaired) electrons. The number of nitrogens with one attached hydrogen (secondary N) is 1. The normalized spacial score (nSPS) is 26.3. The minimum atomic E-state index is 0.217. The van der Waals surface area contributed by atoms with Crippen LogP contribution in [0.5, 0.6) is 5.75 Å². The van der Waals surface area contributed by atoms with Crippen molar-refractivity contribution >= 4 is 0 Å². The Morgan fingerprint density at radius 3 is 3.10 bits per heavy atom. The zero-order chi connectivity index (χ0) is 13.9. The largest absolute Gasteiger partial charge is 0.493 e. The Morgan fingerprint density at radius 1 is 1.35 bits per heavy atom. The molecule has 0 bridgehead atoms. The minimum Gasteiger partial charge on any atom is -0.493 e. The van der Waals surface area contributed by atoms with Crippen molar-refractivity contribution in [3.8, 4) is 5.75 Å². The van der Waals surface area contributed by atoms with Crippen LogP contribution in [0.1, 0.15) is 24.1 Å². The first-order chi connectivity index (χ1) is 9.79. The number of benzene rings is 1. The highest BCUT2D eigenvalue weighted by Gasteiger charge is 2.31. The number of hydrogen-bond acceptors (Lipinski definition) is 4. The summed E-state index contributed by atoms with van der Waals surface area (Å²) in [7, 11) is 2.19. The van der Waals surface area contributed by atoms with Gasteiger partial charge in [-0.3, -0.25) is 4.90 Å². The van der Waals surface area contributed by atoms with Gasteiger partial charge in [0.25, 0.3) is 0 Å². The first-order valence-corrected chi connectivity index (χ1v) is 7.57. The monoisotopic (exact) mass is 276 g/mol. The third kappa shape index (κ3) is 2.68. The first kappa shape index (κ1) is 13.9. The number of morpholine rings is 1. The molecule has 0 aliphatic carbocycles. The summed E-state index contributed by atoms with van der Waals surface area (Å²) in [6.07, 6.45) is 1.24. The first-order valence-electron chi connectivity index (χ1n) is 7.57. The summed E-state index contributed by atoms with van der Waals surface area (Å²) in [4.78, 5) is 2.41. The van der Waals surface area contributed by atoms with E-state index >= 15 is 0 Å². The molecule has 1 N–H and O–H groups in total. The molecule has 2 heterocycles. The van der Waals surface area contributed by atoms with Gasteiger partial charge in [0.2, 0.25) is 0 Å². The second-order valence-corrected chi connectivity index (χ2v) is 5.61. The lowest BCUT2D eigenvalue weighted by Crippen LogP contribution is -2.47. The van der Waals surface area contributed by atoms with Crippen molar-refractivity contribution in [2.75, 3.05) is 39.9 Å². The Kier molecular flexibility index (Phi) is 4.24. The predicted molar refractivity (Wildman–Crippen MR) is 79.3 cm³/mol. The Hall–Kier alpha value is -1.10. The third-order valence-corrected chi connectivity index (χ3v) is 4.25. The van der Waals surface area contributed by atoms with E-state index in [0.717, 1.165) is 45.0 Å². The molecule has 4 heteroatoms. The van der Waals surface area contributed by atoms with Crippen molar-refractivity contribution in [2.24, 2.45) is 0 Å². The number of fused-ring (bicyclic) bond motifs is 1. The van der Waals surface area contributed by atoms with E-state index < -0.39 is 0 Å². The van der Waals surface area contributed by atoms with Crippen LogP contribution in [-0.2, 0) is 11.2 Å². The van der Waals surface area contributed by atoms with E-state index in [9.17, 15) is 0 Å². The number of likely N-dealkylation sites (N-methyl/N-ethyl adjacent to an activating group) is 2. The molecule has 20 heavy (non-hydrogen) atoms. The molecule has 0 amide bonds. The highest BCUT2D eigenvalue weighted by Crippen LogP contribution is 2.33. The number of hydrogen-bond donors (Lipinski definition) is 1. The van der Waals surface area contributed by atoms with Gasteiger partial charge in [-0.1, -0.05) is 19.1 Å². The summed E-state index contributed by atoms with van der Waals surface area (Å²) < 4.78 is 11.6. The molecule has 2 aliphatic rings. The zero-order valence-electron chi connectivity index (χ0n) is 12.4. The van der Waals surface area contributed by atoms with Gasteiger partial charge in [-0.2, -0.15) is 0 Å². The maximum Gasteiger partial charge on any atom is 0.122 e. The van der Waals surface area contributed by atoms with Crippen LogP contribution < -0.4 is 10.1 Å². The van der Waals surface area contributed by atoms with Gasteiger partial charge < -0.3 is 14.8 Å². The van der Waals surface area contributed by atoms with Gasteiger partial charge in [-0.15, -0.1) is 0 Å². The van der Waals surface area contributed by atoms with Crippen molar-refractivity contribution in [1.29, 1.82) is 0 Å². The Bertz CT molecular complexity index is 464. The summed E-state index contributed by atoms with van der Waals surface area (Å²) in [5.74, 6) is 1.05. The molecule has 1 aromatic carbocycles. The maximum absolute atomic E-state index is 6.00. The summed E-state index contributed by atoms with van der Waals surface area (Å²) in [6.45, 7) is 6.64. The van der Waals surface area contributed by atoms with E-state index in [1.54, 1.807) is 0 Å². The van der Waals surface area contributed by atoms with Crippen molar-refractivity contribution in [1.82, 2.24) is 10.2 Å². The van der Waals surface area contributed by atoms with Gasteiger partial charge in [-0.05, 0) is 30.8 Å². The van der Waals surface area contributed by atoms with Crippen molar-refractivity contribution in [3.05, 3.63) is 29.3 Å². The topological polar surface area (TPSA) is 33.7 Å². The summed E-state index contributed by atoms with van der Waals surface area (Å²) in [6, 6.07) is 6.94. The van der Waals surface area contributed by atoms with Crippen molar-refractivity contribution in [3.63, 3.8) is 0 Å². The number of rotatable bonds is 4. The summed E-state index contributed by atoms with van der Waals surface area (Å²) in [5.41, 5.74) is 2.68. The van der Waals surface area contributed by atoms with Crippen molar-refractivity contribution in [2.45, 2.75) is 25.5 Å². The molecule has 3 rings (SSSR count). The van der Waals surface area contributed by atoms with Gasteiger partial charge >= 0.3 is 0 Å². The smallest absolute Gasteiger partial charge is 0.122 e. The van der Waals surface area contributed by atoms with Crippen LogP contribution in [0.2, 0.25) is 0 Å². The lowest BCUT2D eigenvalue weighted by molar-refractivity contribution is -0.0611. The van der Waals surface area contributed by atoms with E-state index in [4.69, 9.17) is 9.47 Å². The maximum atomic E-state index is 6.00. The Labute approximate surface area is 121 Å². The average Bonchev–Trinajstić information content (AvgIpc) is 2.92. The lowest BCUT2D eigenvalue weighted by Gasteiger charge is -2.39. The summed E-state index contributed by atoms with van der Waals surface area (Å²) >= 11 is 0. The highest BCUT2D eigenvalue weighted by atomic mass is 16.5. The molecule has 1 fully saturated rings. The molecule has 2 atom stereocenters. The molecule has 2 unspecified atom stereocenters. The van der Waals surface area contributed by atoms with Crippen LogP contribution in [0.4, 0.5) is 0 Å². The van der Waals surface area contributed by atoms with E-state index in [2.05, 4.69) is 42.4 Å². The van der Waals surface area contributed by atoms with Crippen molar-refractivity contribution < 1.29 is 9.47 Å². The van der Waals surface area contributed by atoms with Gasteiger partial charge in [0, 0.05) is 19.5 Å². The number of ether oxygens (including phenoxy) is 2. The lowest BCUT2D eigenvalue weighted by atomic mass is 9.96. The average molecular weight is 276 g/mol. The van der Waals surface area contributed by atoms with E-state index in [1.807, 2.05) is 0 Å². The Morgan fingerprint density at radius 2 is 2.25 bits per heavy atom. The molecule has 0 saturated carbocycles. The zero-order valence-corrected chi connectivity index (χ0v) is 12.4. The minimum absolute atomic E-state index is 0.217. The van der Waals surface area contributed by atoms with Gasteiger partial charge in [0.15, 0.2) is 0 Å². The predicted octanol–water partition coefficient (Wildman–Crippen LogP) is 1.60.